The van der Waals surface area contributed by atoms with Crippen LogP contribution in [-0.2, 0) is 4.74 Å². The van der Waals surface area contributed by atoms with E-state index in [2.05, 4.69) is 26.8 Å². The zero-order chi connectivity index (χ0) is 18.4. The topological polar surface area (TPSA) is 46.5 Å². The monoisotopic (exact) mass is 342 g/mol. The minimum absolute atomic E-state index is 0.195. The van der Waals surface area contributed by atoms with Crippen molar-refractivity contribution in [3.63, 3.8) is 0 Å². The smallest absolute Gasteiger partial charge is 0.338 e. The fourth-order valence-corrected chi connectivity index (χ4v) is 3.06. The highest BCUT2D eigenvalue weighted by Gasteiger charge is 2.27. The average Bonchev–Trinajstić information content (AvgIpc) is 2.59. The lowest BCUT2D eigenvalue weighted by molar-refractivity contribution is 0.0368. The van der Waals surface area contributed by atoms with Crippen molar-refractivity contribution in [1.29, 1.82) is 0 Å². The fourth-order valence-electron chi connectivity index (χ4n) is 3.06. The van der Waals surface area contributed by atoms with E-state index in [1.54, 1.807) is 12.1 Å². The number of carbonyl (C=O) groups excluding carboxylic acids is 1. The molecule has 2 atom stereocenters. The van der Waals surface area contributed by atoms with E-state index in [0.717, 1.165) is 24.8 Å². The molecule has 0 amide bonds. The van der Waals surface area contributed by atoms with E-state index in [4.69, 9.17) is 4.74 Å². The number of rotatable bonds is 2. The van der Waals surface area contributed by atoms with Gasteiger partial charge in [0.05, 0.1) is 11.7 Å². The van der Waals surface area contributed by atoms with Gasteiger partial charge in [-0.05, 0) is 56.2 Å². The van der Waals surface area contributed by atoms with Gasteiger partial charge >= 0.3 is 5.97 Å². The van der Waals surface area contributed by atoms with Gasteiger partial charge in [-0.3, -0.25) is 0 Å². The Hall–Kier alpha value is -1.87. The van der Waals surface area contributed by atoms with Gasteiger partial charge in [-0.2, -0.15) is 0 Å². The largest absolute Gasteiger partial charge is 0.454 e. The lowest BCUT2D eigenvalue weighted by atomic mass is 9.80. The number of allylic oxidation sites excluding steroid dienone is 1. The molecule has 136 valence electrons. The van der Waals surface area contributed by atoms with E-state index >= 15 is 0 Å². The Morgan fingerprint density at radius 3 is 2.56 bits per heavy atom. The Morgan fingerprint density at radius 1 is 1.20 bits per heavy atom. The van der Waals surface area contributed by atoms with E-state index in [1.165, 1.54) is 5.57 Å². The van der Waals surface area contributed by atoms with Gasteiger partial charge in [0.1, 0.15) is 6.10 Å². The van der Waals surface area contributed by atoms with Crippen LogP contribution in [0.3, 0.4) is 0 Å². The molecule has 1 aromatic carbocycles. The molecule has 0 fully saturated rings. The minimum Gasteiger partial charge on any atom is -0.454 e. The molecule has 0 unspecified atom stereocenters. The fraction of sp³-hybridized carbons (Fsp3) is 0.500. The zero-order valence-electron chi connectivity index (χ0n) is 15.8. The second kappa shape index (κ2) is 8.48. The second-order valence-electron chi connectivity index (χ2n) is 7.74. The van der Waals surface area contributed by atoms with Crippen molar-refractivity contribution in [1.82, 2.24) is 0 Å². The molecule has 0 radical (unpaired) electrons. The van der Waals surface area contributed by atoms with Crippen LogP contribution in [0.5, 0.6) is 0 Å². The zero-order valence-corrected chi connectivity index (χ0v) is 15.8. The predicted octanol–water partition coefficient (Wildman–Crippen LogP) is 5.07. The third kappa shape index (κ3) is 5.57. The van der Waals surface area contributed by atoms with Gasteiger partial charge in [0.2, 0.25) is 0 Å². The van der Waals surface area contributed by atoms with Crippen molar-refractivity contribution in [2.75, 3.05) is 0 Å². The van der Waals surface area contributed by atoms with Crippen LogP contribution in [0.4, 0.5) is 0 Å². The molecule has 0 aliphatic heterocycles. The summed E-state index contributed by atoms with van der Waals surface area (Å²) in [5, 5.41) is 10.6. The highest BCUT2D eigenvalue weighted by Crippen LogP contribution is 2.31. The summed E-state index contributed by atoms with van der Waals surface area (Å²) in [6.07, 6.45) is 6.76. The van der Waals surface area contributed by atoms with Crippen molar-refractivity contribution in [2.45, 2.75) is 65.6 Å². The summed E-state index contributed by atoms with van der Waals surface area (Å²) >= 11 is 0. The molecule has 1 N–H and O–H groups in total. The van der Waals surface area contributed by atoms with Crippen LogP contribution in [0.2, 0.25) is 0 Å². The van der Waals surface area contributed by atoms with Crippen LogP contribution < -0.4 is 0 Å². The van der Waals surface area contributed by atoms with Crippen LogP contribution in [0.15, 0.2) is 53.6 Å². The third-order valence-corrected chi connectivity index (χ3v) is 5.06. The first-order valence-corrected chi connectivity index (χ1v) is 9.07. The molecular weight excluding hydrogens is 312 g/mol. The predicted molar refractivity (Wildman–Crippen MR) is 101 cm³/mol. The molecule has 0 spiro atoms. The summed E-state index contributed by atoms with van der Waals surface area (Å²) in [5.41, 5.74) is 2.56. The Bertz CT molecular complexity index is 640. The van der Waals surface area contributed by atoms with E-state index in [-0.39, 0.29) is 17.5 Å². The molecule has 1 aliphatic carbocycles. The Balaban J connectivity index is 2.25. The van der Waals surface area contributed by atoms with Gasteiger partial charge in [-0.25, -0.2) is 4.79 Å². The van der Waals surface area contributed by atoms with Crippen molar-refractivity contribution in [3.05, 3.63) is 59.2 Å². The number of esters is 1. The molecule has 1 aromatic rings. The van der Waals surface area contributed by atoms with E-state index in [0.29, 0.717) is 12.0 Å². The van der Waals surface area contributed by atoms with Crippen molar-refractivity contribution in [3.8, 4) is 0 Å². The first-order valence-electron chi connectivity index (χ1n) is 9.07. The highest BCUT2D eigenvalue weighted by molar-refractivity contribution is 5.89. The summed E-state index contributed by atoms with van der Waals surface area (Å²) in [4.78, 5) is 12.4. The normalized spacial score (nSPS) is 28.7. The van der Waals surface area contributed by atoms with Crippen molar-refractivity contribution < 1.29 is 14.6 Å². The van der Waals surface area contributed by atoms with Gasteiger partial charge in [0.15, 0.2) is 0 Å². The number of ether oxygens (including phenoxy) is 1. The molecular formula is C22H30O3. The van der Waals surface area contributed by atoms with Gasteiger partial charge in [-0.15, -0.1) is 0 Å². The van der Waals surface area contributed by atoms with Gasteiger partial charge in [0.25, 0.3) is 0 Å². The molecule has 0 heterocycles. The molecule has 0 saturated heterocycles. The summed E-state index contributed by atoms with van der Waals surface area (Å²) in [7, 11) is 0. The number of aliphatic hydroxyl groups excluding tert-OH is 1. The van der Waals surface area contributed by atoms with Gasteiger partial charge < -0.3 is 9.84 Å². The molecule has 25 heavy (non-hydrogen) atoms. The number of carbonyl (C=O) groups is 1. The molecule has 2 rings (SSSR count). The number of benzene rings is 1. The number of hydrogen-bond donors (Lipinski definition) is 1. The van der Waals surface area contributed by atoms with Crippen LogP contribution in [0.25, 0.3) is 0 Å². The van der Waals surface area contributed by atoms with Crippen LogP contribution in [0, 0.1) is 5.41 Å². The molecule has 0 bridgehead atoms. The quantitative estimate of drug-likeness (QED) is 0.603. The first-order chi connectivity index (χ1) is 11.8. The van der Waals surface area contributed by atoms with Crippen LogP contribution >= 0.6 is 0 Å². The van der Waals surface area contributed by atoms with Crippen molar-refractivity contribution in [2.24, 2.45) is 5.41 Å². The Morgan fingerprint density at radius 2 is 1.88 bits per heavy atom. The standard InChI is InChI=1S/C22H30O3/c1-16-9-8-14-22(3,4)20(23)15-17(2)19(13-12-16)25-21(24)18-10-6-5-7-11-18/h5-7,10-12,15,19-20,23H,8-9,13-14H2,1-4H3/b16-12+,17-15-/t19-,20+/m1/s1. The number of aliphatic hydroxyl groups is 1. The maximum Gasteiger partial charge on any atom is 0.338 e. The molecule has 0 aromatic heterocycles. The third-order valence-electron chi connectivity index (χ3n) is 5.06. The maximum atomic E-state index is 12.4. The summed E-state index contributed by atoms with van der Waals surface area (Å²) in [5.74, 6) is -0.326. The Labute approximate surface area is 151 Å². The van der Waals surface area contributed by atoms with Crippen molar-refractivity contribution >= 4 is 5.97 Å². The SMILES string of the molecule is C/C1=C/[C@H](O)C(C)(C)CCC/C(C)=C/C[C@H]1OC(=O)c1ccccc1. The summed E-state index contributed by atoms with van der Waals surface area (Å²) < 4.78 is 5.76. The Kier molecular flexibility index (Phi) is 6.60. The van der Waals surface area contributed by atoms with Gasteiger partial charge in [-0.1, -0.05) is 49.8 Å². The van der Waals surface area contributed by atoms with Crippen LogP contribution in [-0.4, -0.2) is 23.3 Å². The second-order valence-corrected chi connectivity index (χ2v) is 7.74. The average molecular weight is 342 g/mol. The van der Waals surface area contributed by atoms with E-state index < -0.39 is 6.10 Å². The molecule has 0 saturated carbocycles. The van der Waals surface area contributed by atoms with E-state index in [9.17, 15) is 9.90 Å². The lowest BCUT2D eigenvalue weighted by Crippen LogP contribution is -2.29. The highest BCUT2D eigenvalue weighted by atomic mass is 16.5. The summed E-state index contributed by atoms with van der Waals surface area (Å²) in [6, 6.07) is 9.04. The number of hydrogen-bond acceptors (Lipinski definition) is 3. The minimum atomic E-state index is -0.552. The first kappa shape index (κ1) is 19.5. The van der Waals surface area contributed by atoms with Gasteiger partial charge in [0, 0.05) is 6.42 Å². The van der Waals surface area contributed by atoms with Crippen LogP contribution in [0.1, 0.15) is 63.7 Å². The maximum absolute atomic E-state index is 12.4. The molecule has 1 aliphatic rings. The summed E-state index contributed by atoms with van der Waals surface area (Å²) in [6.45, 7) is 8.23. The van der Waals surface area contributed by atoms with E-state index in [1.807, 2.05) is 31.2 Å². The lowest BCUT2D eigenvalue weighted by Gasteiger charge is -2.29. The molecule has 3 nitrogen and oxygen atoms in total. The molecule has 3 heteroatoms.